The van der Waals surface area contributed by atoms with Crippen LogP contribution in [-0.4, -0.2) is 50.7 Å². The van der Waals surface area contributed by atoms with Crippen molar-refractivity contribution < 1.29 is 9.53 Å². The number of piperidine rings is 1. The van der Waals surface area contributed by atoms with Gasteiger partial charge in [-0.1, -0.05) is 0 Å². The van der Waals surface area contributed by atoms with Crippen molar-refractivity contribution in [2.45, 2.75) is 25.3 Å². The third-order valence-corrected chi connectivity index (χ3v) is 2.71. The summed E-state index contributed by atoms with van der Waals surface area (Å²) in [5, 5.41) is 4.37. The lowest BCUT2D eigenvalue weighted by molar-refractivity contribution is -0.141. The lowest BCUT2D eigenvalue weighted by Crippen LogP contribution is -2.42. The van der Waals surface area contributed by atoms with Crippen LogP contribution in [0.3, 0.4) is 0 Å². The minimum atomic E-state index is -0.135. The van der Waals surface area contributed by atoms with Crippen molar-refractivity contribution in [2.24, 2.45) is 0 Å². The maximum Gasteiger partial charge on any atom is 0.306 e. The van der Waals surface area contributed by atoms with Crippen LogP contribution in [0.25, 0.3) is 0 Å². The molecular formula is C10H19N2O2. The van der Waals surface area contributed by atoms with Crippen LogP contribution in [-0.2, 0) is 9.53 Å². The van der Waals surface area contributed by atoms with Crippen molar-refractivity contribution in [3.8, 4) is 0 Å². The molecule has 1 unspecified atom stereocenters. The highest BCUT2D eigenvalue weighted by atomic mass is 16.5. The maximum absolute atomic E-state index is 10.9. The molecule has 0 aromatic heterocycles. The van der Waals surface area contributed by atoms with Gasteiger partial charge in [-0.3, -0.25) is 4.79 Å². The summed E-state index contributed by atoms with van der Waals surface area (Å²) >= 11 is 0. The van der Waals surface area contributed by atoms with Gasteiger partial charge in [0.1, 0.15) is 0 Å². The largest absolute Gasteiger partial charge is 0.469 e. The summed E-state index contributed by atoms with van der Waals surface area (Å²) in [6.45, 7) is 2.69. The van der Waals surface area contributed by atoms with Crippen LogP contribution in [0.5, 0.6) is 0 Å². The predicted octanol–water partition coefficient (Wildman–Crippen LogP) is 0.248. The summed E-state index contributed by atoms with van der Waals surface area (Å²) in [6, 6.07) is 0.522. The molecule has 1 heterocycles. The van der Waals surface area contributed by atoms with E-state index in [1.54, 1.807) is 0 Å². The third kappa shape index (κ3) is 3.64. The van der Waals surface area contributed by atoms with E-state index in [9.17, 15) is 4.79 Å². The van der Waals surface area contributed by atoms with E-state index in [-0.39, 0.29) is 5.97 Å². The molecule has 1 saturated heterocycles. The summed E-state index contributed by atoms with van der Waals surface area (Å²) in [5.41, 5.74) is 0. The van der Waals surface area contributed by atoms with Crippen LogP contribution in [0, 0.1) is 0 Å². The Bertz CT molecular complexity index is 179. The summed E-state index contributed by atoms with van der Waals surface area (Å²) in [4.78, 5) is 13.1. The van der Waals surface area contributed by atoms with Crippen LogP contribution in [0.4, 0.5) is 0 Å². The van der Waals surface area contributed by atoms with Crippen LogP contribution in [0.2, 0.25) is 0 Å². The highest BCUT2D eigenvalue weighted by Crippen LogP contribution is 2.09. The molecule has 0 saturated carbocycles. The van der Waals surface area contributed by atoms with Gasteiger partial charge in [-0.2, -0.15) is 0 Å². The van der Waals surface area contributed by atoms with E-state index in [0.29, 0.717) is 12.5 Å². The van der Waals surface area contributed by atoms with E-state index in [2.05, 4.69) is 22.0 Å². The van der Waals surface area contributed by atoms with Gasteiger partial charge in [-0.25, -0.2) is 5.32 Å². The summed E-state index contributed by atoms with van der Waals surface area (Å²) < 4.78 is 4.60. The lowest BCUT2D eigenvalue weighted by Gasteiger charge is -2.30. The number of hydrogen-bond acceptors (Lipinski definition) is 3. The third-order valence-electron chi connectivity index (χ3n) is 2.71. The Morgan fingerprint density at radius 3 is 3.00 bits per heavy atom. The molecule has 0 aliphatic carbocycles. The van der Waals surface area contributed by atoms with Crippen molar-refractivity contribution in [1.29, 1.82) is 0 Å². The summed E-state index contributed by atoms with van der Waals surface area (Å²) in [5.74, 6) is -0.135. The van der Waals surface area contributed by atoms with Crippen LogP contribution >= 0.6 is 0 Å². The molecule has 0 spiro atoms. The average molecular weight is 199 g/mol. The number of carbonyl (C=O) groups is 1. The second kappa shape index (κ2) is 5.98. The number of hydrogen-bond donors (Lipinski definition) is 0. The SMILES string of the molecule is COC(=O)CCN(C)C1CCC[N]C1. The number of esters is 1. The van der Waals surface area contributed by atoms with Gasteiger partial charge in [-0.05, 0) is 19.9 Å². The zero-order valence-electron chi connectivity index (χ0n) is 9.03. The highest BCUT2D eigenvalue weighted by Gasteiger charge is 2.18. The molecular weight excluding hydrogens is 180 g/mol. The van der Waals surface area contributed by atoms with Gasteiger partial charge in [0.2, 0.25) is 0 Å². The smallest absolute Gasteiger partial charge is 0.306 e. The maximum atomic E-state index is 10.9. The Labute approximate surface area is 85.6 Å². The lowest BCUT2D eigenvalue weighted by atomic mass is 10.1. The molecule has 1 radical (unpaired) electrons. The molecule has 1 aliphatic heterocycles. The summed E-state index contributed by atoms with van der Waals surface area (Å²) in [6.07, 6.45) is 2.85. The first kappa shape index (κ1) is 11.5. The quantitative estimate of drug-likeness (QED) is 0.609. The first-order valence-electron chi connectivity index (χ1n) is 5.14. The molecule has 81 valence electrons. The van der Waals surface area contributed by atoms with Gasteiger partial charge < -0.3 is 9.64 Å². The molecule has 1 aliphatic rings. The van der Waals surface area contributed by atoms with E-state index in [4.69, 9.17) is 0 Å². The topological polar surface area (TPSA) is 43.6 Å². The number of rotatable bonds is 4. The second-order valence-corrected chi connectivity index (χ2v) is 3.73. The fourth-order valence-electron chi connectivity index (χ4n) is 1.68. The Hall–Kier alpha value is -0.610. The van der Waals surface area contributed by atoms with Crippen LogP contribution in [0.15, 0.2) is 0 Å². The highest BCUT2D eigenvalue weighted by molar-refractivity contribution is 5.69. The predicted molar refractivity (Wildman–Crippen MR) is 54.2 cm³/mol. The molecule has 0 aromatic rings. The number of likely N-dealkylation sites (N-methyl/N-ethyl adjacent to an activating group) is 1. The van der Waals surface area contributed by atoms with Gasteiger partial charge in [0.05, 0.1) is 13.5 Å². The first-order valence-corrected chi connectivity index (χ1v) is 5.14. The van der Waals surface area contributed by atoms with Crippen molar-refractivity contribution in [3.63, 3.8) is 0 Å². The van der Waals surface area contributed by atoms with Gasteiger partial charge in [0, 0.05) is 25.7 Å². The summed E-state index contributed by atoms with van der Waals surface area (Å²) in [7, 11) is 3.48. The standard InChI is InChI=1S/C10H19N2O2/c1-12(7-5-10(13)14-2)9-4-3-6-11-8-9/h9H,3-8H2,1-2H3. The minimum Gasteiger partial charge on any atom is -0.469 e. The second-order valence-electron chi connectivity index (χ2n) is 3.73. The van der Waals surface area contributed by atoms with Crippen LogP contribution in [0.1, 0.15) is 19.3 Å². The zero-order chi connectivity index (χ0) is 10.4. The van der Waals surface area contributed by atoms with E-state index in [0.717, 1.165) is 19.6 Å². The number of methoxy groups -OCH3 is 1. The van der Waals surface area contributed by atoms with E-state index < -0.39 is 0 Å². The normalized spacial score (nSPS) is 22.4. The van der Waals surface area contributed by atoms with Crippen molar-refractivity contribution in [2.75, 3.05) is 33.8 Å². The molecule has 4 heteroatoms. The first-order chi connectivity index (χ1) is 6.74. The molecule has 1 rings (SSSR count). The van der Waals surface area contributed by atoms with Crippen molar-refractivity contribution in [3.05, 3.63) is 0 Å². The minimum absolute atomic E-state index is 0.135. The zero-order valence-corrected chi connectivity index (χ0v) is 9.03. The fraction of sp³-hybridized carbons (Fsp3) is 0.900. The molecule has 0 amide bonds. The monoisotopic (exact) mass is 199 g/mol. The Morgan fingerprint density at radius 2 is 2.43 bits per heavy atom. The Kier molecular flexibility index (Phi) is 4.90. The van der Waals surface area contributed by atoms with Gasteiger partial charge in [0.15, 0.2) is 0 Å². The molecule has 4 nitrogen and oxygen atoms in total. The van der Waals surface area contributed by atoms with Crippen molar-refractivity contribution >= 4 is 5.97 Å². The van der Waals surface area contributed by atoms with Gasteiger partial charge in [-0.15, -0.1) is 0 Å². The molecule has 1 fully saturated rings. The van der Waals surface area contributed by atoms with E-state index >= 15 is 0 Å². The number of nitrogens with zero attached hydrogens (tertiary/aromatic N) is 2. The molecule has 0 N–H and O–H groups in total. The number of carbonyl (C=O) groups excluding carboxylic acids is 1. The molecule has 0 bridgehead atoms. The van der Waals surface area contributed by atoms with Gasteiger partial charge >= 0.3 is 5.97 Å². The fourth-order valence-corrected chi connectivity index (χ4v) is 1.68. The molecule has 14 heavy (non-hydrogen) atoms. The Balaban J connectivity index is 2.19. The van der Waals surface area contributed by atoms with Crippen LogP contribution < -0.4 is 5.32 Å². The number of ether oxygens (including phenoxy) is 1. The van der Waals surface area contributed by atoms with E-state index in [1.165, 1.54) is 20.0 Å². The molecule has 1 atom stereocenters. The van der Waals surface area contributed by atoms with E-state index in [1.807, 2.05) is 0 Å². The molecule has 0 aromatic carbocycles. The van der Waals surface area contributed by atoms with Gasteiger partial charge in [0.25, 0.3) is 0 Å². The van der Waals surface area contributed by atoms with Crippen molar-refractivity contribution in [1.82, 2.24) is 10.2 Å². The average Bonchev–Trinajstić information content (AvgIpc) is 2.26. The Morgan fingerprint density at radius 1 is 1.64 bits per heavy atom.